The van der Waals surface area contributed by atoms with E-state index in [2.05, 4.69) is 10.1 Å². The second kappa shape index (κ2) is 3.77. The van der Waals surface area contributed by atoms with Gasteiger partial charge < -0.3 is 5.73 Å². The van der Waals surface area contributed by atoms with E-state index in [1.54, 1.807) is 17.1 Å². The second-order valence-corrected chi connectivity index (χ2v) is 3.20. The molecule has 2 heterocycles. The molecule has 0 amide bonds. The lowest BCUT2D eigenvalue weighted by atomic mass is 10.2. The van der Waals surface area contributed by atoms with Crippen LogP contribution in [0.2, 0.25) is 5.02 Å². The molecule has 4 nitrogen and oxygen atoms in total. The molecule has 14 heavy (non-hydrogen) atoms. The summed E-state index contributed by atoms with van der Waals surface area (Å²) in [5.74, 6) is 0.722. The first-order chi connectivity index (χ1) is 6.81. The van der Waals surface area contributed by atoms with Crippen molar-refractivity contribution in [3.05, 3.63) is 41.3 Å². The van der Waals surface area contributed by atoms with Gasteiger partial charge in [0, 0.05) is 25.1 Å². The van der Waals surface area contributed by atoms with Crippen molar-refractivity contribution in [3.63, 3.8) is 0 Å². The summed E-state index contributed by atoms with van der Waals surface area (Å²) in [5, 5.41) is 4.65. The van der Waals surface area contributed by atoms with Crippen molar-refractivity contribution in [1.82, 2.24) is 14.8 Å². The van der Waals surface area contributed by atoms with Crippen molar-refractivity contribution in [3.8, 4) is 5.82 Å². The maximum Gasteiger partial charge on any atom is 0.153 e. The fourth-order valence-electron chi connectivity index (χ4n) is 1.15. The van der Waals surface area contributed by atoms with Gasteiger partial charge in [-0.2, -0.15) is 5.10 Å². The van der Waals surface area contributed by atoms with E-state index in [0.29, 0.717) is 11.6 Å². The zero-order chi connectivity index (χ0) is 9.97. The maximum atomic E-state index is 5.89. The van der Waals surface area contributed by atoms with Gasteiger partial charge in [-0.25, -0.2) is 9.67 Å². The standard InChI is InChI=1S/C9H9ClN4/c10-8-6-12-9(4-7(8)5-11)14-3-1-2-13-14/h1-4,6H,5,11H2. The van der Waals surface area contributed by atoms with Gasteiger partial charge in [-0.3, -0.25) is 0 Å². The zero-order valence-corrected chi connectivity index (χ0v) is 8.15. The molecule has 0 radical (unpaired) electrons. The molecule has 0 aromatic carbocycles. The van der Waals surface area contributed by atoms with E-state index in [9.17, 15) is 0 Å². The quantitative estimate of drug-likeness (QED) is 0.811. The Balaban J connectivity index is 2.46. The molecule has 2 rings (SSSR count). The van der Waals surface area contributed by atoms with Crippen LogP contribution in [0.4, 0.5) is 0 Å². The minimum atomic E-state index is 0.398. The summed E-state index contributed by atoms with van der Waals surface area (Å²) in [6.07, 6.45) is 5.09. The third-order valence-electron chi connectivity index (χ3n) is 1.88. The molecule has 0 saturated heterocycles. The van der Waals surface area contributed by atoms with E-state index in [-0.39, 0.29) is 0 Å². The van der Waals surface area contributed by atoms with Crippen LogP contribution in [0, 0.1) is 0 Å². The van der Waals surface area contributed by atoms with E-state index < -0.39 is 0 Å². The lowest BCUT2D eigenvalue weighted by Crippen LogP contribution is -2.03. The van der Waals surface area contributed by atoms with Crippen molar-refractivity contribution in [1.29, 1.82) is 0 Å². The molecule has 0 fully saturated rings. The van der Waals surface area contributed by atoms with E-state index in [1.807, 2.05) is 18.3 Å². The van der Waals surface area contributed by atoms with Crippen molar-refractivity contribution in [2.24, 2.45) is 5.73 Å². The van der Waals surface area contributed by atoms with Crippen LogP contribution in [-0.2, 0) is 6.54 Å². The number of aromatic nitrogens is 3. The average Bonchev–Trinajstić information content (AvgIpc) is 2.71. The molecule has 2 aromatic rings. The Morgan fingerprint density at radius 3 is 3.00 bits per heavy atom. The molecular weight excluding hydrogens is 200 g/mol. The predicted molar refractivity (Wildman–Crippen MR) is 54.3 cm³/mol. The lowest BCUT2D eigenvalue weighted by molar-refractivity contribution is 0.841. The third-order valence-corrected chi connectivity index (χ3v) is 2.22. The first-order valence-corrected chi connectivity index (χ1v) is 4.53. The van der Waals surface area contributed by atoms with Crippen LogP contribution in [0.25, 0.3) is 5.82 Å². The molecule has 2 aromatic heterocycles. The van der Waals surface area contributed by atoms with Gasteiger partial charge in [0.25, 0.3) is 0 Å². The van der Waals surface area contributed by atoms with Gasteiger partial charge >= 0.3 is 0 Å². The van der Waals surface area contributed by atoms with Crippen LogP contribution in [0.15, 0.2) is 30.7 Å². The number of halogens is 1. The molecule has 72 valence electrons. The average molecular weight is 209 g/mol. The SMILES string of the molecule is NCc1cc(-n2cccn2)ncc1Cl. The minimum absolute atomic E-state index is 0.398. The van der Waals surface area contributed by atoms with E-state index in [4.69, 9.17) is 17.3 Å². The highest BCUT2D eigenvalue weighted by Gasteiger charge is 2.03. The lowest BCUT2D eigenvalue weighted by Gasteiger charge is -2.04. The summed E-state index contributed by atoms with van der Waals surface area (Å²) < 4.78 is 1.66. The van der Waals surface area contributed by atoms with E-state index >= 15 is 0 Å². The van der Waals surface area contributed by atoms with Crippen molar-refractivity contribution >= 4 is 11.6 Å². The highest BCUT2D eigenvalue weighted by atomic mass is 35.5. The molecule has 0 aliphatic rings. The predicted octanol–water partition coefficient (Wildman–Crippen LogP) is 1.38. The van der Waals surface area contributed by atoms with Gasteiger partial charge in [0.1, 0.15) is 0 Å². The van der Waals surface area contributed by atoms with Gasteiger partial charge in [0.05, 0.1) is 5.02 Å². The number of rotatable bonds is 2. The Labute approximate surface area is 86.3 Å². The Kier molecular flexibility index (Phi) is 2.47. The normalized spacial score (nSPS) is 10.4. The highest BCUT2D eigenvalue weighted by molar-refractivity contribution is 6.31. The Morgan fingerprint density at radius 1 is 1.50 bits per heavy atom. The van der Waals surface area contributed by atoms with Gasteiger partial charge in [-0.05, 0) is 17.7 Å². The van der Waals surface area contributed by atoms with Gasteiger partial charge in [0.2, 0.25) is 0 Å². The summed E-state index contributed by atoms with van der Waals surface area (Å²) in [4.78, 5) is 4.14. The molecule has 0 unspecified atom stereocenters. The fraction of sp³-hybridized carbons (Fsp3) is 0.111. The molecule has 2 N–H and O–H groups in total. The number of hydrogen-bond donors (Lipinski definition) is 1. The van der Waals surface area contributed by atoms with Crippen molar-refractivity contribution in [2.45, 2.75) is 6.54 Å². The summed E-state index contributed by atoms with van der Waals surface area (Å²) >= 11 is 5.89. The first kappa shape index (κ1) is 9.18. The van der Waals surface area contributed by atoms with E-state index in [1.165, 1.54) is 0 Å². The maximum absolute atomic E-state index is 5.89. The summed E-state index contributed by atoms with van der Waals surface area (Å²) in [6.45, 7) is 0.398. The number of hydrogen-bond acceptors (Lipinski definition) is 3. The van der Waals surface area contributed by atoms with Crippen LogP contribution in [0.1, 0.15) is 5.56 Å². The van der Waals surface area contributed by atoms with Crippen LogP contribution < -0.4 is 5.73 Å². The van der Waals surface area contributed by atoms with Crippen LogP contribution in [-0.4, -0.2) is 14.8 Å². The second-order valence-electron chi connectivity index (χ2n) is 2.79. The molecular formula is C9H9ClN4. The van der Waals surface area contributed by atoms with Crippen LogP contribution in [0.5, 0.6) is 0 Å². The monoisotopic (exact) mass is 208 g/mol. The molecule has 0 atom stereocenters. The summed E-state index contributed by atoms with van der Waals surface area (Å²) in [6, 6.07) is 3.66. The van der Waals surface area contributed by atoms with Crippen LogP contribution >= 0.6 is 11.6 Å². The minimum Gasteiger partial charge on any atom is -0.326 e. The van der Waals surface area contributed by atoms with Gasteiger partial charge in [0.15, 0.2) is 5.82 Å². The van der Waals surface area contributed by atoms with Gasteiger partial charge in [-0.1, -0.05) is 11.6 Å². The molecule has 0 aliphatic carbocycles. The Morgan fingerprint density at radius 2 is 2.36 bits per heavy atom. The van der Waals surface area contributed by atoms with Crippen LogP contribution in [0.3, 0.4) is 0 Å². The van der Waals surface area contributed by atoms with Crippen molar-refractivity contribution in [2.75, 3.05) is 0 Å². The largest absolute Gasteiger partial charge is 0.326 e. The zero-order valence-electron chi connectivity index (χ0n) is 7.39. The number of nitrogens with two attached hydrogens (primary N) is 1. The van der Waals surface area contributed by atoms with Crippen molar-refractivity contribution < 1.29 is 0 Å². The molecule has 0 aliphatic heterocycles. The first-order valence-electron chi connectivity index (χ1n) is 4.16. The molecule has 0 spiro atoms. The van der Waals surface area contributed by atoms with Gasteiger partial charge in [-0.15, -0.1) is 0 Å². The summed E-state index contributed by atoms with van der Waals surface area (Å²) in [5.41, 5.74) is 6.40. The number of nitrogens with zero attached hydrogens (tertiary/aromatic N) is 3. The molecule has 0 bridgehead atoms. The highest BCUT2D eigenvalue weighted by Crippen LogP contribution is 2.16. The fourth-order valence-corrected chi connectivity index (χ4v) is 1.33. The third kappa shape index (κ3) is 1.62. The van der Waals surface area contributed by atoms with E-state index in [0.717, 1.165) is 11.4 Å². The number of pyridine rings is 1. The Hall–Kier alpha value is -1.39. The smallest absolute Gasteiger partial charge is 0.153 e. The molecule has 5 heteroatoms. The molecule has 0 saturated carbocycles. The summed E-state index contributed by atoms with van der Waals surface area (Å²) in [7, 11) is 0. The topological polar surface area (TPSA) is 56.7 Å². The Bertz CT molecular complexity index is 424.